The quantitative estimate of drug-likeness (QED) is 0.719. The summed E-state index contributed by atoms with van der Waals surface area (Å²) in [5, 5.41) is 8.17. The van der Waals surface area contributed by atoms with Crippen molar-refractivity contribution in [1.29, 1.82) is 0 Å². The van der Waals surface area contributed by atoms with Crippen LogP contribution in [0.15, 0.2) is 43.0 Å². The highest BCUT2D eigenvalue weighted by Gasteiger charge is 2.11. The van der Waals surface area contributed by atoms with E-state index in [0.29, 0.717) is 0 Å². The van der Waals surface area contributed by atoms with Crippen LogP contribution in [0, 0.1) is 0 Å². The number of rotatable bonds is 3. The number of nitrogens with zero attached hydrogens (tertiary/aromatic N) is 5. The molecule has 5 heteroatoms. The van der Waals surface area contributed by atoms with Crippen LogP contribution in [-0.2, 0) is 13.5 Å². The van der Waals surface area contributed by atoms with Crippen LogP contribution in [0.5, 0.6) is 0 Å². The molecule has 3 rings (SSSR count). The maximum atomic E-state index is 4.16. The molecule has 5 nitrogen and oxygen atoms in total. The molecule has 0 radical (unpaired) electrons. The van der Waals surface area contributed by atoms with Gasteiger partial charge < -0.3 is 4.57 Å². The highest BCUT2D eigenvalue weighted by molar-refractivity contribution is 5.56. The fourth-order valence-electron chi connectivity index (χ4n) is 2.08. The first kappa shape index (κ1) is 11.6. The number of aromatic nitrogens is 5. The Balaban J connectivity index is 2.06. The van der Waals surface area contributed by atoms with Gasteiger partial charge in [0.15, 0.2) is 0 Å². The summed E-state index contributed by atoms with van der Waals surface area (Å²) in [7, 11) is 1.96. The first-order valence-electron chi connectivity index (χ1n) is 6.26. The minimum Gasteiger partial charge on any atom is -0.332 e. The maximum Gasteiger partial charge on any atom is 0.112 e. The molecule has 19 heavy (non-hydrogen) atoms. The van der Waals surface area contributed by atoms with Gasteiger partial charge in [0.05, 0.1) is 30.1 Å². The van der Waals surface area contributed by atoms with Gasteiger partial charge in [0.2, 0.25) is 0 Å². The van der Waals surface area contributed by atoms with Crippen molar-refractivity contribution in [2.45, 2.75) is 13.3 Å². The smallest absolute Gasteiger partial charge is 0.112 e. The minimum absolute atomic E-state index is 0.934. The topological polar surface area (TPSA) is 48.5 Å². The third kappa shape index (κ3) is 2.03. The summed E-state index contributed by atoms with van der Waals surface area (Å²) >= 11 is 0. The zero-order valence-electron chi connectivity index (χ0n) is 11.0. The molecule has 0 unspecified atom stereocenters. The Morgan fingerprint density at radius 2 is 1.84 bits per heavy atom. The van der Waals surface area contributed by atoms with Crippen molar-refractivity contribution in [3.8, 4) is 17.1 Å². The molecule has 96 valence electrons. The highest BCUT2D eigenvalue weighted by atomic mass is 15.4. The summed E-state index contributed by atoms with van der Waals surface area (Å²) in [5.74, 6) is 0. The van der Waals surface area contributed by atoms with Crippen LogP contribution >= 0.6 is 0 Å². The number of aryl methyl sites for hydroxylation is 2. The molecule has 0 N–H and O–H groups in total. The van der Waals surface area contributed by atoms with E-state index in [1.165, 1.54) is 5.56 Å². The number of imidazole rings is 1. The molecule has 0 fully saturated rings. The SMILES string of the molecule is CCc1ccc(-n2nncc2-c2cncn2C)cc1. The van der Waals surface area contributed by atoms with E-state index < -0.39 is 0 Å². The van der Waals surface area contributed by atoms with Gasteiger partial charge >= 0.3 is 0 Å². The van der Waals surface area contributed by atoms with Gasteiger partial charge in [-0.1, -0.05) is 24.3 Å². The second-order valence-corrected chi connectivity index (χ2v) is 4.44. The molecule has 0 spiro atoms. The van der Waals surface area contributed by atoms with Crippen LogP contribution in [0.1, 0.15) is 12.5 Å². The number of hydrogen-bond acceptors (Lipinski definition) is 3. The Kier molecular flexibility index (Phi) is 2.87. The van der Waals surface area contributed by atoms with Gasteiger partial charge in [-0.25, -0.2) is 9.67 Å². The number of hydrogen-bond donors (Lipinski definition) is 0. The Hall–Kier alpha value is -2.43. The molecule has 3 aromatic rings. The molecule has 0 aliphatic heterocycles. The van der Waals surface area contributed by atoms with Crippen LogP contribution in [0.4, 0.5) is 0 Å². The summed E-state index contributed by atoms with van der Waals surface area (Å²) in [6.45, 7) is 2.14. The second kappa shape index (κ2) is 4.68. The summed E-state index contributed by atoms with van der Waals surface area (Å²) in [4.78, 5) is 4.13. The van der Waals surface area contributed by atoms with Gasteiger partial charge in [0, 0.05) is 7.05 Å². The molecule has 2 heterocycles. The van der Waals surface area contributed by atoms with Crippen molar-refractivity contribution < 1.29 is 0 Å². The third-order valence-corrected chi connectivity index (χ3v) is 3.22. The van der Waals surface area contributed by atoms with Crippen molar-refractivity contribution >= 4 is 0 Å². The number of benzene rings is 1. The van der Waals surface area contributed by atoms with Crippen molar-refractivity contribution in [2.75, 3.05) is 0 Å². The molecule has 0 bridgehead atoms. The molecule has 0 amide bonds. The molecule has 0 saturated heterocycles. The lowest BCUT2D eigenvalue weighted by Crippen LogP contribution is -2.01. The summed E-state index contributed by atoms with van der Waals surface area (Å²) in [5.41, 5.74) is 4.24. The standard InChI is InChI=1S/C14H15N5/c1-3-11-4-6-12(7-5-11)19-14(9-16-17-19)13-8-15-10-18(13)2/h4-10H,3H2,1-2H3. The van der Waals surface area contributed by atoms with Gasteiger partial charge in [-0.2, -0.15) is 0 Å². The molecule has 1 aromatic carbocycles. The molecular formula is C14H15N5. The van der Waals surface area contributed by atoms with Crippen molar-refractivity contribution in [2.24, 2.45) is 7.05 Å². The van der Waals surface area contributed by atoms with E-state index in [2.05, 4.69) is 46.5 Å². The van der Waals surface area contributed by atoms with Crippen molar-refractivity contribution in [3.05, 3.63) is 48.5 Å². The van der Waals surface area contributed by atoms with E-state index in [0.717, 1.165) is 23.5 Å². The van der Waals surface area contributed by atoms with E-state index in [1.54, 1.807) is 12.5 Å². The van der Waals surface area contributed by atoms with E-state index in [4.69, 9.17) is 0 Å². The summed E-state index contributed by atoms with van der Waals surface area (Å²) < 4.78 is 3.78. The first-order valence-corrected chi connectivity index (χ1v) is 6.26. The molecule has 0 aliphatic carbocycles. The first-order chi connectivity index (χ1) is 9.29. The van der Waals surface area contributed by atoms with Crippen LogP contribution in [0.2, 0.25) is 0 Å². The van der Waals surface area contributed by atoms with E-state index >= 15 is 0 Å². The van der Waals surface area contributed by atoms with Gasteiger partial charge in [-0.3, -0.25) is 0 Å². The molecular weight excluding hydrogens is 238 g/mol. The van der Waals surface area contributed by atoms with Crippen LogP contribution in [0.3, 0.4) is 0 Å². The maximum absolute atomic E-state index is 4.16. The predicted octanol–water partition coefficient (Wildman–Crippen LogP) is 2.23. The van der Waals surface area contributed by atoms with Crippen LogP contribution in [-0.4, -0.2) is 24.5 Å². The Labute approximate surface area is 111 Å². The monoisotopic (exact) mass is 253 g/mol. The fraction of sp³-hybridized carbons (Fsp3) is 0.214. The lowest BCUT2D eigenvalue weighted by atomic mass is 10.1. The lowest BCUT2D eigenvalue weighted by molar-refractivity contribution is 0.799. The Bertz CT molecular complexity index is 678. The lowest BCUT2D eigenvalue weighted by Gasteiger charge is -2.07. The molecule has 0 aliphatic rings. The predicted molar refractivity (Wildman–Crippen MR) is 72.9 cm³/mol. The molecule has 2 aromatic heterocycles. The Morgan fingerprint density at radius 1 is 1.05 bits per heavy atom. The average Bonchev–Trinajstić information content (AvgIpc) is 3.07. The van der Waals surface area contributed by atoms with Gasteiger partial charge in [0.1, 0.15) is 5.69 Å². The third-order valence-electron chi connectivity index (χ3n) is 3.22. The van der Waals surface area contributed by atoms with Gasteiger partial charge in [-0.05, 0) is 24.1 Å². The van der Waals surface area contributed by atoms with Gasteiger partial charge in [0.25, 0.3) is 0 Å². The van der Waals surface area contributed by atoms with E-state index in [1.807, 2.05) is 22.5 Å². The molecule has 0 atom stereocenters. The summed E-state index contributed by atoms with van der Waals surface area (Å²) in [6, 6.07) is 8.36. The van der Waals surface area contributed by atoms with Gasteiger partial charge in [-0.15, -0.1) is 5.10 Å². The fourth-order valence-corrected chi connectivity index (χ4v) is 2.08. The second-order valence-electron chi connectivity index (χ2n) is 4.44. The van der Waals surface area contributed by atoms with E-state index in [9.17, 15) is 0 Å². The minimum atomic E-state index is 0.934. The zero-order valence-corrected chi connectivity index (χ0v) is 11.0. The van der Waals surface area contributed by atoms with Crippen LogP contribution in [0.25, 0.3) is 17.1 Å². The normalized spacial score (nSPS) is 10.8. The van der Waals surface area contributed by atoms with Crippen molar-refractivity contribution in [3.63, 3.8) is 0 Å². The largest absolute Gasteiger partial charge is 0.332 e. The average molecular weight is 253 g/mol. The zero-order chi connectivity index (χ0) is 13.2. The summed E-state index contributed by atoms with van der Waals surface area (Å²) in [6.07, 6.45) is 6.37. The molecule has 0 saturated carbocycles. The van der Waals surface area contributed by atoms with Crippen molar-refractivity contribution in [1.82, 2.24) is 24.5 Å². The Morgan fingerprint density at radius 3 is 2.47 bits per heavy atom. The van der Waals surface area contributed by atoms with E-state index in [-0.39, 0.29) is 0 Å². The highest BCUT2D eigenvalue weighted by Crippen LogP contribution is 2.20. The van der Waals surface area contributed by atoms with Crippen LogP contribution < -0.4 is 0 Å².